The Kier molecular flexibility index (Phi) is 5.01. The van der Waals surface area contributed by atoms with E-state index in [4.69, 9.17) is 4.74 Å². The van der Waals surface area contributed by atoms with Crippen LogP contribution in [0, 0.1) is 11.8 Å². The normalized spacial score (nSPS) is 23.7. The predicted octanol–water partition coefficient (Wildman–Crippen LogP) is 1.26. The van der Waals surface area contributed by atoms with E-state index in [0.717, 1.165) is 45.7 Å². The smallest absolute Gasteiger partial charge is 0.223 e. The second-order valence-electron chi connectivity index (χ2n) is 5.83. The van der Waals surface area contributed by atoms with Crippen LogP contribution in [0.25, 0.3) is 0 Å². The van der Waals surface area contributed by atoms with Crippen LogP contribution in [0.1, 0.15) is 33.1 Å². The highest BCUT2D eigenvalue weighted by Gasteiger charge is 2.28. The van der Waals surface area contributed by atoms with Crippen LogP contribution in [-0.4, -0.2) is 49.7 Å². The van der Waals surface area contributed by atoms with Crippen molar-refractivity contribution in [1.82, 2.24) is 10.2 Å². The Morgan fingerprint density at radius 1 is 1.33 bits per heavy atom. The fourth-order valence-electron chi connectivity index (χ4n) is 2.72. The molecular weight excluding hydrogens is 228 g/mol. The second-order valence-corrected chi connectivity index (χ2v) is 5.83. The summed E-state index contributed by atoms with van der Waals surface area (Å²) >= 11 is 0. The minimum absolute atomic E-state index is 0.264. The summed E-state index contributed by atoms with van der Waals surface area (Å²) in [4.78, 5) is 14.3. The minimum atomic E-state index is 0.264. The predicted molar refractivity (Wildman–Crippen MR) is 71.4 cm³/mol. The third-order valence-electron chi connectivity index (χ3n) is 4.25. The Balaban J connectivity index is 1.79. The molecule has 1 saturated carbocycles. The first-order valence-corrected chi connectivity index (χ1v) is 7.28. The summed E-state index contributed by atoms with van der Waals surface area (Å²) in [7, 11) is 0. The lowest BCUT2D eigenvalue weighted by molar-refractivity contribution is -0.127. The van der Waals surface area contributed by atoms with Crippen LogP contribution in [0.5, 0.6) is 0 Å². The molecule has 4 nitrogen and oxygen atoms in total. The van der Waals surface area contributed by atoms with Crippen LogP contribution < -0.4 is 5.32 Å². The number of ether oxygens (including phenoxy) is 1. The lowest BCUT2D eigenvalue weighted by Gasteiger charge is -2.37. The zero-order chi connectivity index (χ0) is 13.0. The van der Waals surface area contributed by atoms with Gasteiger partial charge in [0.2, 0.25) is 5.91 Å². The SMILES string of the molecule is CC(C)C(CNC(=O)C1CCC1)N1CCOCC1. The van der Waals surface area contributed by atoms with Gasteiger partial charge in [0.15, 0.2) is 0 Å². The monoisotopic (exact) mass is 254 g/mol. The van der Waals surface area contributed by atoms with Crippen LogP contribution in [0.4, 0.5) is 0 Å². The Morgan fingerprint density at radius 2 is 2.00 bits per heavy atom. The van der Waals surface area contributed by atoms with E-state index in [9.17, 15) is 4.79 Å². The maximum Gasteiger partial charge on any atom is 0.223 e. The van der Waals surface area contributed by atoms with E-state index in [-0.39, 0.29) is 5.91 Å². The van der Waals surface area contributed by atoms with E-state index in [1.807, 2.05) is 0 Å². The molecule has 1 aliphatic heterocycles. The molecule has 1 saturated heterocycles. The fourth-order valence-corrected chi connectivity index (χ4v) is 2.72. The summed E-state index contributed by atoms with van der Waals surface area (Å²) in [5.41, 5.74) is 0. The quantitative estimate of drug-likeness (QED) is 0.803. The Hall–Kier alpha value is -0.610. The lowest BCUT2D eigenvalue weighted by atomic mass is 9.84. The summed E-state index contributed by atoms with van der Waals surface area (Å²) < 4.78 is 5.39. The summed E-state index contributed by atoms with van der Waals surface area (Å²) in [6.07, 6.45) is 3.38. The van der Waals surface area contributed by atoms with Crippen molar-refractivity contribution in [3.8, 4) is 0 Å². The fraction of sp³-hybridized carbons (Fsp3) is 0.929. The second kappa shape index (κ2) is 6.53. The van der Waals surface area contributed by atoms with Gasteiger partial charge in [-0.1, -0.05) is 20.3 Å². The van der Waals surface area contributed by atoms with Crippen molar-refractivity contribution in [2.24, 2.45) is 11.8 Å². The van der Waals surface area contributed by atoms with Gasteiger partial charge in [-0.3, -0.25) is 9.69 Å². The van der Waals surface area contributed by atoms with Crippen molar-refractivity contribution >= 4 is 5.91 Å². The number of hydrogen-bond acceptors (Lipinski definition) is 3. The zero-order valence-corrected chi connectivity index (χ0v) is 11.7. The van der Waals surface area contributed by atoms with Gasteiger partial charge < -0.3 is 10.1 Å². The molecule has 2 aliphatic rings. The van der Waals surface area contributed by atoms with Gasteiger partial charge >= 0.3 is 0 Å². The highest BCUT2D eigenvalue weighted by Crippen LogP contribution is 2.26. The molecule has 0 bridgehead atoms. The molecule has 104 valence electrons. The van der Waals surface area contributed by atoms with Gasteiger partial charge in [-0.15, -0.1) is 0 Å². The highest BCUT2D eigenvalue weighted by atomic mass is 16.5. The molecule has 0 radical (unpaired) electrons. The maximum atomic E-state index is 11.9. The standard InChI is InChI=1S/C14H26N2O2/c1-11(2)13(16-6-8-18-9-7-16)10-15-14(17)12-4-3-5-12/h11-13H,3-10H2,1-2H3,(H,15,17). The molecule has 2 rings (SSSR count). The van der Waals surface area contributed by atoms with Gasteiger partial charge in [0, 0.05) is 31.6 Å². The molecule has 4 heteroatoms. The van der Waals surface area contributed by atoms with Crippen molar-refractivity contribution < 1.29 is 9.53 Å². The molecule has 0 aromatic heterocycles. The molecule has 1 heterocycles. The molecule has 0 aromatic rings. The van der Waals surface area contributed by atoms with E-state index < -0.39 is 0 Å². The highest BCUT2D eigenvalue weighted by molar-refractivity contribution is 5.79. The third kappa shape index (κ3) is 3.45. The van der Waals surface area contributed by atoms with Crippen molar-refractivity contribution in [3.63, 3.8) is 0 Å². The molecule has 0 spiro atoms. The van der Waals surface area contributed by atoms with Gasteiger partial charge in [-0.25, -0.2) is 0 Å². The molecule has 18 heavy (non-hydrogen) atoms. The number of hydrogen-bond donors (Lipinski definition) is 1. The van der Waals surface area contributed by atoms with Crippen molar-refractivity contribution in [2.45, 2.75) is 39.2 Å². The number of rotatable bonds is 5. The number of carbonyl (C=O) groups is 1. The van der Waals surface area contributed by atoms with Crippen molar-refractivity contribution in [2.75, 3.05) is 32.8 Å². The van der Waals surface area contributed by atoms with E-state index in [2.05, 4.69) is 24.1 Å². The molecular formula is C14H26N2O2. The largest absolute Gasteiger partial charge is 0.379 e. The molecule has 1 amide bonds. The van der Waals surface area contributed by atoms with Crippen LogP contribution in [0.15, 0.2) is 0 Å². The van der Waals surface area contributed by atoms with E-state index in [0.29, 0.717) is 17.9 Å². The van der Waals surface area contributed by atoms with Crippen LogP contribution in [-0.2, 0) is 9.53 Å². The molecule has 0 aromatic carbocycles. The summed E-state index contributed by atoms with van der Waals surface area (Å²) in [6, 6.07) is 0.443. The lowest BCUT2D eigenvalue weighted by Crippen LogP contribution is -2.52. The number of nitrogens with one attached hydrogen (secondary N) is 1. The number of carbonyl (C=O) groups excluding carboxylic acids is 1. The summed E-state index contributed by atoms with van der Waals surface area (Å²) in [5, 5.41) is 3.14. The average Bonchev–Trinajstić information content (AvgIpc) is 2.28. The molecule has 1 unspecified atom stereocenters. The summed E-state index contributed by atoms with van der Waals surface area (Å²) in [5.74, 6) is 1.12. The van der Waals surface area contributed by atoms with Gasteiger partial charge in [0.1, 0.15) is 0 Å². The van der Waals surface area contributed by atoms with Gasteiger partial charge in [0.25, 0.3) is 0 Å². The number of nitrogens with zero attached hydrogens (tertiary/aromatic N) is 1. The van der Waals surface area contributed by atoms with Gasteiger partial charge in [-0.05, 0) is 18.8 Å². The van der Waals surface area contributed by atoms with Crippen LogP contribution >= 0.6 is 0 Å². The Morgan fingerprint density at radius 3 is 2.50 bits per heavy atom. The molecule has 1 atom stereocenters. The minimum Gasteiger partial charge on any atom is -0.379 e. The first-order valence-electron chi connectivity index (χ1n) is 7.28. The van der Waals surface area contributed by atoms with Gasteiger partial charge in [0.05, 0.1) is 13.2 Å². The topological polar surface area (TPSA) is 41.6 Å². The van der Waals surface area contributed by atoms with Crippen molar-refractivity contribution in [3.05, 3.63) is 0 Å². The van der Waals surface area contributed by atoms with Crippen LogP contribution in [0.2, 0.25) is 0 Å². The zero-order valence-electron chi connectivity index (χ0n) is 11.7. The van der Waals surface area contributed by atoms with Crippen LogP contribution in [0.3, 0.4) is 0 Å². The van der Waals surface area contributed by atoms with E-state index >= 15 is 0 Å². The van der Waals surface area contributed by atoms with Crippen molar-refractivity contribution in [1.29, 1.82) is 0 Å². The molecule has 1 aliphatic carbocycles. The maximum absolute atomic E-state index is 11.9. The Labute approximate surface area is 110 Å². The average molecular weight is 254 g/mol. The molecule has 1 N–H and O–H groups in total. The summed E-state index contributed by atoms with van der Waals surface area (Å²) in [6.45, 7) is 8.86. The number of morpholine rings is 1. The first kappa shape index (κ1) is 13.8. The first-order chi connectivity index (χ1) is 8.68. The molecule has 2 fully saturated rings. The Bertz CT molecular complexity index is 271. The third-order valence-corrected chi connectivity index (χ3v) is 4.25. The van der Waals surface area contributed by atoms with E-state index in [1.54, 1.807) is 0 Å². The number of amides is 1. The van der Waals surface area contributed by atoms with Gasteiger partial charge in [-0.2, -0.15) is 0 Å². The van der Waals surface area contributed by atoms with E-state index in [1.165, 1.54) is 6.42 Å².